The van der Waals surface area contributed by atoms with Crippen LogP contribution in [0.4, 0.5) is 0 Å². The highest BCUT2D eigenvalue weighted by molar-refractivity contribution is 5.97. The van der Waals surface area contributed by atoms with Gasteiger partial charge in [0.05, 0.1) is 12.6 Å². The molecule has 1 aromatic heterocycles. The molecule has 39 heavy (non-hydrogen) atoms. The third-order valence-corrected chi connectivity index (χ3v) is 6.95. The van der Waals surface area contributed by atoms with E-state index in [9.17, 15) is 15.0 Å². The third-order valence-electron chi connectivity index (χ3n) is 6.95. The van der Waals surface area contributed by atoms with Crippen LogP contribution in [0.15, 0.2) is 66.9 Å². The zero-order valence-electron chi connectivity index (χ0n) is 23.0. The first-order chi connectivity index (χ1) is 18.7. The van der Waals surface area contributed by atoms with Gasteiger partial charge in [-0.3, -0.25) is 9.69 Å². The van der Waals surface area contributed by atoms with Crippen molar-refractivity contribution in [2.75, 3.05) is 26.7 Å². The van der Waals surface area contributed by atoms with Crippen molar-refractivity contribution in [2.24, 2.45) is 5.92 Å². The van der Waals surface area contributed by atoms with Gasteiger partial charge in [0.2, 0.25) is 5.88 Å². The third kappa shape index (κ3) is 7.24. The number of benzene rings is 2. The molecule has 3 aromatic rings. The Labute approximate surface area is 231 Å². The van der Waals surface area contributed by atoms with Gasteiger partial charge in [-0.05, 0) is 43.7 Å². The van der Waals surface area contributed by atoms with E-state index in [0.29, 0.717) is 24.2 Å². The molecule has 0 saturated heterocycles. The lowest BCUT2D eigenvalue weighted by atomic mass is 9.99. The number of aromatic nitrogens is 1. The quantitative estimate of drug-likeness (QED) is 0.454. The Hall–Kier alpha value is -3.70. The smallest absolute Gasteiger partial charge is 0.259 e. The van der Waals surface area contributed by atoms with E-state index < -0.39 is 6.10 Å². The van der Waals surface area contributed by atoms with Crippen LogP contribution < -0.4 is 4.74 Å². The van der Waals surface area contributed by atoms with Crippen LogP contribution in [0.3, 0.4) is 0 Å². The number of carbonyl (C=O) groups excluding carboxylic acids is 1. The van der Waals surface area contributed by atoms with Crippen LogP contribution in [-0.4, -0.2) is 75.9 Å². The Morgan fingerprint density at radius 3 is 2.49 bits per heavy atom. The van der Waals surface area contributed by atoms with Crippen molar-refractivity contribution >= 4 is 5.91 Å². The zero-order valence-corrected chi connectivity index (χ0v) is 23.0. The number of ether oxygens (including phenoxy) is 1. The van der Waals surface area contributed by atoms with E-state index in [1.54, 1.807) is 24.1 Å². The minimum absolute atomic E-state index is 0.00415. The molecule has 0 spiro atoms. The van der Waals surface area contributed by atoms with Crippen LogP contribution in [0.25, 0.3) is 11.1 Å². The number of nitrogens with zero attached hydrogens (tertiary/aromatic N) is 3. The van der Waals surface area contributed by atoms with E-state index in [2.05, 4.69) is 72.1 Å². The molecular weight excluding hydrogens is 490 g/mol. The second-order valence-electron chi connectivity index (χ2n) is 10.4. The highest BCUT2D eigenvalue weighted by atomic mass is 16.5. The second-order valence-corrected chi connectivity index (χ2v) is 10.4. The maximum absolute atomic E-state index is 13.5. The number of aliphatic hydroxyl groups excluding tert-OH is 2. The monoisotopic (exact) mass is 527 g/mol. The Bertz CT molecular complexity index is 1310. The molecule has 0 aliphatic carbocycles. The highest BCUT2D eigenvalue weighted by Gasteiger charge is 2.34. The van der Waals surface area contributed by atoms with Crippen molar-refractivity contribution in [2.45, 2.75) is 45.6 Å². The Morgan fingerprint density at radius 1 is 1.13 bits per heavy atom. The summed E-state index contributed by atoms with van der Waals surface area (Å²) in [5.74, 6) is 5.55. The van der Waals surface area contributed by atoms with E-state index in [4.69, 9.17) is 4.74 Å². The number of hydrogen-bond donors (Lipinski definition) is 2. The molecule has 7 nitrogen and oxygen atoms in total. The number of amides is 1. The minimum Gasteiger partial charge on any atom is -0.472 e. The topological polar surface area (TPSA) is 86.1 Å². The minimum atomic E-state index is -0.791. The normalized spacial score (nSPS) is 18.7. The Kier molecular flexibility index (Phi) is 9.36. The Morgan fingerprint density at radius 2 is 1.82 bits per heavy atom. The van der Waals surface area contributed by atoms with Crippen LogP contribution in [-0.2, 0) is 6.54 Å². The number of hydrogen-bond acceptors (Lipinski definition) is 6. The summed E-state index contributed by atoms with van der Waals surface area (Å²) in [6, 6.07) is 20.2. The predicted octanol–water partition coefficient (Wildman–Crippen LogP) is 3.83. The molecule has 1 aliphatic heterocycles. The first-order valence-corrected chi connectivity index (χ1v) is 13.4. The van der Waals surface area contributed by atoms with Gasteiger partial charge in [0.1, 0.15) is 17.8 Å². The van der Waals surface area contributed by atoms with Gasteiger partial charge in [-0.15, -0.1) is 0 Å². The molecule has 204 valence electrons. The number of fused-ring (bicyclic) bond motifs is 1. The van der Waals surface area contributed by atoms with Gasteiger partial charge in [-0.1, -0.05) is 73.4 Å². The van der Waals surface area contributed by atoms with Crippen molar-refractivity contribution in [1.29, 1.82) is 0 Å². The summed E-state index contributed by atoms with van der Waals surface area (Å²) in [4.78, 5) is 21.9. The summed E-state index contributed by atoms with van der Waals surface area (Å²) in [6.45, 7) is 7.13. The molecule has 2 heterocycles. The number of likely N-dealkylation sites (N-methyl/N-ethyl adjacent to an activating group) is 1. The fourth-order valence-corrected chi connectivity index (χ4v) is 4.69. The number of aliphatic hydroxyl groups is 2. The highest BCUT2D eigenvalue weighted by Crippen LogP contribution is 2.28. The fraction of sp³-hybridized carbons (Fsp3) is 0.375. The van der Waals surface area contributed by atoms with Crippen LogP contribution in [0.1, 0.15) is 42.3 Å². The summed E-state index contributed by atoms with van der Waals surface area (Å²) in [5, 5.41) is 19.4. The molecule has 2 aromatic carbocycles. The second kappa shape index (κ2) is 12.9. The van der Waals surface area contributed by atoms with Gasteiger partial charge in [0.25, 0.3) is 5.91 Å². The number of carbonyl (C=O) groups is 1. The van der Waals surface area contributed by atoms with Crippen LogP contribution >= 0.6 is 0 Å². The molecule has 0 radical (unpaired) electrons. The first kappa shape index (κ1) is 28.3. The molecule has 7 heteroatoms. The van der Waals surface area contributed by atoms with Gasteiger partial charge in [0, 0.05) is 37.3 Å². The average molecular weight is 528 g/mol. The summed E-state index contributed by atoms with van der Waals surface area (Å²) < 4.78 is 6.39. The summed E-state index contributed by atoms with van der Waals surface area (Å²) in [6.07, 6.45) is 0.531. The summed E-state index contributed by atoms with van der Waals surface area (Å²) in [7, 11) is 2.06. The molecular formula is C32H37N3O4. The van der Waals surface area contributed by atoms with Crippen LogP contribution in [0.5, 0.6) is 5.88 Å². The Balaban J connectivity index is 1.54. The molecule has 0 bridgehead atoms. The molecule has 0 saturated carbocycles. The fourth-order valence-electron chi connectivity index (χ4n) is 4.69. The largest absolute Gasteiger partial charge is 0.472 e. The number of pyridine rings is 1. The van der Waals surface area contributed by atoms with Gasteiger partial charge >= 0.3 is 0 Å². The van der Waals surface area contributed by atoms with Gasteiger partial charge < -0.3 is 19.8 Å². The molecule has 1 amide bonds. The maximum atomic E-state index is 13.5. The first-order valence-electron chi connectivity index (χ1n) is 13.4. The number of rotatable bonds is 7. The molecule has 4 atom stereocenters. The van der Waals surface area contributed by atoms with Crippen molar-refractivity contribution in [3.8, 4) is 28.8 Å². The van der Waals surface area contributed by atoms with Gasteiger partial charge in [0.15, 0.2) is 0 Å². The van der Waals surface area contributed by atoms with Crippen molar-refractivity contribution in [3.05, 3.63) is 83.6 Å². The maximum Gasteiger partial charge on any atom is 0.259 e. The van der Waals surface area contributed by atoms with Gasteiger partial charge in [-0.2, -0.15) is 0 Å². The lowest BCUT2D eigenvalue weighted by Gasteiger charge is -2.37. The summed E-state index contributed by atoms with van der Waals surface area (Å²) in [5.41, 5.74) is 4.40. The van der Waals surface area contributed by atoms with E-state index in [0.717, 1.165) is 6.54 Å². The zero-order chi connectivity index (χ0) is 27.9. The van der Waals surface area contributed by atoms with Gasteiger partial charge in [-0.25, -0.2) is 4.98 Å². The van der Waals surface area contributed by atoms with E-state index in [1.165, 1.54) is 16.7 Å². The van der Waals surface area contributed by atoms with E-state index in [-0.39, 0.29) is 36.5 Å². The van der Waals surface area contributed by atoms with Crippen LogP contribution in [0, 0.1) is 17.8 Å². The lowest BCUT2D eigenvalue weighted by Crippen LogP contribution is -2.49. The van der Waals surface area contributed by atoms with E-state index >= 15 is 0 Å². The van der Waals surface area contributed by atoms with Crippen molar-refractivity contribution in [3.63, 3.8) is 0 Å². The van der Waals surface area contributed by atoms with E-state index in [1.807, 2.05) is 25.1 Å². The molecule has 1 aliphatic rings. The standard InChI is InChI=1S/C32H37N3O4/c1-22-18-35(23(2)21-36)32(38)29-16-26(11-10-24(3)37)17-33-31(29)39-30(22)20-34(4)19-25-12-14-28(15-13-25)27-8-6-5-7-9-27/h5-9,12-17,22-24,30,36-37H,18-21H2,1-4H3/t22-,23+,24+,30+/m0/s1. The average Bonchev–Trinajstić information content (AvgIpc) is 2.94. The molecule has 4 rings (SSSR count). The molecule has 0 unspecified atom stereocenters. The lowest BCUT2D eigenvalue weighted by molar-refractivity contribution is 0.0325. The molecule has 0 fully saturated rings. The van der Waals surface area contributed by atoms with Crippen molar-refractivity contribution in [1.82, 2.24) is 14.8 Å². The summed E-state index contributed by atoms with van der Waals surface area (Å²) >= 11 is 0. The SMILES string of the molecule is C[C@H](CO)N1C[C@H](C)[C@@H](CN(C)Cc2ccc(-c3ccccc3)cc2)Oc2ncc(C#C[C@@H](C)O)cc2C1=O. The van der Waals surface area contributed by atoms with Crippen LogP contribution in [0.2, 0.25) is 0 Å². The predicted molar refractivity (Wildman–Crippen MR) is 152 cm³/mol. The van der Waals surface area contributed by atoms with Crippen molar-refractivity contribution < 1.29 is 19.7 Å². The molecule has 2 N–H and O–H groups in total.